The number of nitrogens with zero attached hydrogens (tertiary/aromatic N) is 5. The summed E-state index contributed by atoms with van der Waals surface area (Å²) < 4.78 is 22.3. The van der Waals surface area contributed by atoms with Gasteiger partial charge in [-0.2, -0.15) is 4.68 Å². The molecular weight excluding hydrogens is 319 g/mol. The molecule has 0 aromatic carbocycles. The second-order valence-corrected chi connectivity index (χ2v) is 6.27. The van der Waals surface area contributed by atoms with Gasteiger partial charge in [-0.05, 0) is 0 Å². The summed E-state index contributed by atoms with van der Waals surface area (Å²) in [4.78, 5) is 25.3. The van der Waals surface area contributed by atoms with Crippen molar-refractivity contribution in [3.8, 4) is 0 Å². The van der Waals surface area contributed by atoms with Crippen molar-refractivity contribution in [2.45, 2.75) is 25.0 Å². The summed E-state index contributed by atoms with van der Waals surface area (Å²) in [6.45, 7) is 0. The van der Waals surface area contributed by atoms with E-state index in [2.05, 4.69) is 20.3 Å². The van der Waals surface area contributed by atoms with Crippen LogP contribution in [0.15, 0.2) is 6.33 Å². The summed E-state index contributed by atoms with van der Waals surface area (Å²) in [7, 11) is -4.32. The number of aliphatic hydroxyl groups is 1. The molecule has 22 heavy (non-hydrogen) atoms. The minimum atomic E-state index is -4.32. The quantitative estimate of drug-likeness (QED) is 0.482. The van der Waals surface area contributed by atoms with E-state index in [0.717, 1.165) is 0 Å². The number of ether oxygens (including phenoxy) is 2. The first-order valence-corrected chi connectivity index (χ1v) is 7.96. The van der Waals surface area contributed by atoms with Crippen molar-refractivity contribution >= 4 is 24.6 Å². The maximum Gasteiger partial charge on any atom is 0.351 e. The zero-order chi connectivity index (χ0) is 15.9. The van der Waals surface area contributed by atoms with E-state index in [4.69, 9.17) is 25.0 Å². The van der Waals surface area contributed by atoms with Gasteiger partial charge in [-0.3, -0.25) is 4.57 Å². The van der Waals surface area contributed by atoms with Crippen molar-refractivity contribution in [1.82, 2.24) is 25.0 Å². The third-order valence-electron chi connectivity index (χ3n) is 3.01. The molecule has 5 N–H and O–H groups in total. The molecule has 1 fully saturated rings. The highest BCUT2D eigenvalue weighted by Gasteiger charge is 2.38. The topological polar surface area (TPSA) is 179 Å². The summed E-state index contributed by atoms with van der Waals surface area (Å²) in [6.07, 6.45) is -2.51. The minimum absolute atomic E-state index is 0.0204. The smallest absolute Gasteiger partial charge is 0.351 e. The average molecular weight is 332 g/mol. The first kappa shape index (κ1) is 15.2. The largest absolute Gasteiger partial charge is 0.388 e. The second-order valence-electron chi connectivity index (χ2n) is 4.68. The Kier molecular flexibility index (Phi) is 3.80. The standard InChI is InChI=1S/C9H13N6O6P/c10-7-6-8(12-2-11-7)15(14-13-6)9-4(16)1-5(21-9)20-3-22(17,18)19/h2,4-5,9,16H,1,3H2,(H2,10,11,12)(H2,17,18,19). The molecule has 3 atom stereocenters. The Morgan fingerprint density at radius 1 is 1.50 bits per heavy atom. The van der Waals surface area contributed by atoms with Crippen LogP contribution in [0.2, 0.25) is 0 Å². The molecular formula is C9H13N6O6P. The van der Waals surface area contributed by atoms with E-state index in [-0.39, 0.29) is 23.4 Å². The van der Waals surface area contributed by atoms with Gasteiger partial charge in [0, 0.05) is 6.42 Å². The molecule has 2 aromatic heterocycles. The van der Waals surface area contributed by atoms with Crippen molar-refractivity contribution in [1.29, 1.82) is 0 Å². The third kappa shape index (κ3) is 2.92. The molecule has 2 aromatic rings. The molecule has 1 aliphatic heterocycles. The molecule has 1 aliphatic rings. The number of aromatic nitrogens is 5. The van der Waals surface area contributed by atoms with Gasteiger partial charge >= 0.3 is 7.60 Å². The number of fused-ring (bicyclic) bond motifs is 1. The van der Waals surface area contributed by atoms with Crippen LogP contribution in [0.3, 0.4) is 0 Å². The zero-order valence-corrected chi connectivity index (χ0v) is 11.9. The summed E-state index contributed by atoms with van der Waals surface area (Å²) >= 11 is 0. The van der Waals surface area contributed by atoms with Gasteiger partial charge in [-0.25, -0.2) is 9.97 Å². The number of hydrogen-bond donors (Lipinski definition) is 4. The monoisotopic (exact) mass is 332 g/mol. The van der Waals surface area contributed by atoms with Crippen LogP contribution in [-0.2, 0) is 14.0 Å². The predicted octanol–water partition coefficient (Wildman–Crippen LogP) is -1.44. The summed E-state index contributed by atoms with van der Waals surface area (Å²) in [5.74, 6) is 0.137. The SMILES string of the molecule is Nc1ncnc2c1nnn2C1OC(OCP(=O)(O)O)CC1O. The molecule has 3 rings (SSSR count). The fraction of sp³-hybridized carbons (Fsp3) is 0.556. The van der Waals surface area contributed by atoms with E-state index in [1.807, 2.05) is 0 Å². The van der Waals surface area contributed by atoms with Gasteiger partial charge < -0.3 is 30.1 Å². The number of anilines is 1. The van der Waals surface area contributed by atoms with Crippen LogP contribution in [0.4, 0.5) is 5.82 Å². The van der Waals surface area contributed by atoms with Crippen molar-refractivity contribution in [2.24, 2.45) is 0 Å². The van der Waals surface area contributed by atoms with Crippen LogP contribution in [-0.4, -0.2) is 58.6 Å². The Morgan fingerprint density at radius 3 is 3.00 bits per heavy atom. The molecule has 12 nitrogen and oxygen atoms in total. The van der Waals surface area contributed by atoms with Gasteiger partial charge in [0.15, 0.2) is 35.8 Å². The molecule has 0 bridgehead atoms. The first-order chi connectivity index (χ1) is 10.3. The van der Waals surface area contributed by atoms with E-state index in [1.165, 1.54) is 11.0 Å². The zero-order valence-electron chi connectivity index (χ0n) is 11.1. The van der Waals surface area contributed by atoms with Gasteiger partial charge in [-0.1, -0.05) is 5.21 Å². The van der Waals surface area contributed by atoms with Gasteiger partial charge in [0.1, 0.15) is 12.4 Å². The number of rotatable bonds is 4. The van der Waals surface area contributed by atoms with E-state index >= 15 is 0 Å². The highest BCUT2D eigenvalue weighted by Crippen LogP contribution is 2.37. The number of aliphatic hydroxyl groups excluding tert-OH is 1. The fourth-order valence-electron chi connectivity index (χ4n) is 2.08. The summed E-state index contributed by atoms with van der Waals surface area (Å²) in [5.41, 5.74) is 6.18. The molecule has 0 amide bonds. The summed E-state index contributed by atoms with van der Waals surface area (Å²) in [6, 6.07) is 0. The molecule has 0 radical (unpaired) electrons. The van der Waals surface area contributed by atoms with Crippen LogP contribution >= 0.6 is 7.60 Å². The van der Waals surface area contributed by atoms with Gasteiger partial charge in [0.25, 0.3) is 0 Å². The Hall–Kier alpha value is -1.69. The highest BCUT2D eigenvalue weighted by molar-refractivity contribution is 7.51. The van der Waals surface area contributed by atoms with Crippen molar-refractivity contribution < 1.29 is 28.9 Å². The molecule has 0 aliphatic carbocycles. The lowest BCUT2D eigenvalue weighted by Gasteiger charge is -2.15. The van der Waals surface area contributed by atoms with Gasteiger partial charge in [-0.15, -0.1) is 5.10 Å². The average Bonchev–Trinajstić information content (AvgIpc) is 3.00. The molecule has 120 valence electrons. The maximum atomic E-state index is 10.8. The molecule has 13 heteroatoms. The van der Waals surface area contributed by atoms with Crippen molar-refractivity contribution in [3.63, 3.8) is 0 Å². The van der Waals surface area contributed by atoms with Crippen molar-refractivity contribution in [2.75, 3.05) is 12.1 Å². The van der Waals surface area contributed by atoms with Crippen LogP contribution in [0, 0.1) is 0 Å². The highest BCUT2D eigenvalue weighted by atomic mass is 31.2. The molecule has 0 spiro atoms. The molecule has 3 heterocycles. The summed E-state index contributed by atoms with van der Waals surface area (Å²) in [5, 5.41) is 17.7. The second kappa shape index (κ2) is 5.50. The van der Waals surface area contributed by atoms with E-state index in [9.17, 15) is 9.67 Å². The van der Waals surface area contributed by atoms with Crippen molar-refractivity contribution in [3.05, 3.63) is 6.33 Å². The van der Waals surface area contributed by atoms with Crippen LogP contribution in [0.25, 0.3) is 11.2 Å². The number of nitrogen functional groups attached to an aromatic ring is 1. The predicted molar refractivity (Wildman–Crippen MR) is 70.1 cm³/mol. The normalized spacial score (nSPS) is 25.9. The van der Waals surface area contributed by atoms with Crippen LogP contribution < -0.4 is 5.73 Å². The number of hydrogen-bond acceptors (Lipinski definition) is 9. The Balaban J connectivity index is 1.80. The Bertz CT molecular complexity index is 732. The van der Waals surface area contributed by atoms with Crippen LogP contribution in [0.1, 0.15) is 12.6 Å². The van der Waals surface area contributed by atoms with Gasteiger partial charge in [0.2, 0.25) is 0 Å². The lowest BCUT2D eigenvalue weighted by atomic mass is 10.2. The molecule has 1 saturated heterocycles. The maximum absolute atomic E-state index is 10.8. The molecule has 3 unspecified atom stereocenters. The van der Waals surface area contributed by atoms with E-state index in [1.54, 1.807) is 0 Å². The van der Waals surface area contributed by atoms with E-state index < -0.39 is 32.6 Å². The lowest BCUT2D eigenvalue weighted by molar-refractivity contribution is -0.148. The lowest BCUT2D eigenvalue weighted by Crippen LogP contribution is -2.21. The Labute approximate surface area is 123 Å². The molecule has 0 saturated carbocycles. The minimum Gasteiger partial charge on any atom is -0.388 e. The first-order valence-electron chi connectivity index (χ1n) is 6.16. The van der Waals surface area contributed by atoms with E-state index in [0.29, 0.717) is 0 Å². The number of nitrogens with two attached hydrogens (primary N) is 1. The van der Waals surface area contributed by atoms with Gasteiger partial charge in [0.05, 0.1) is 0 Å². The third-order valence-corrected chi connectivity index (χ3v) is 3.50. The van der Waals surface area contributed by atoms with Crippen LogP contribution in [0.5, 0.6) is 0 Å². The Morgan fingerprint density at radius 2 is 2.27 bits per heavy atom. The fourth-order valence-corrected chi connectivity index (χ4v) is 2.44.